The van der Waals surface area contributed by atoms with Crippen LogP contribution in [0.25, 0.3) is 6.08 Å². The van der Waals surface area contributed by atoms with Crippen LogP contribution in [0.2, 0.25) is 0 Å². The molecule has 2 aromatic rings. The number of hydrogen-bond acceptors (Lipinski definition) is 6. The molecule has 7 nitrogen and oxygen atoms in total. The van der Waals surface area contributed by atoms with Crippen molar-refractivity contribution in [2.75, 3.05) is 11.4 Å². The van der Waals surface area contributed by atoms with Gasteiger partial charge in [0.25, 0.3) is 5.69 Å². The van der Waals surface area contributed by atoms with Gasteiger partial charge in [0, 0.05) is 36.0 Å². The van der Waals surface area contributed by atoms with Crippen LogP contribution in [0.1, 0.15) is 35.5 Å². The Morgan fingerprint density at radius 3 is 2.72 bits per heavy atom. The van der Waals surface area contributed by atoms with Crippen LogP contribution in [-0.4, -0.2) is 28.1 Å². The van der Waals surface area contributed by atoms with Gasteiger partial charge in [-0.1, -0.05) is 12.1 Å². The van der Waals surface area contributed by atoms with Crippen molar-refractivity contribution in [1.82, 2.24) is 4.98 Å². The number of carbonyl (C=O) groups excluding carboxylic acids is 2. The predicted molar refractivity (Wildman–Crippen MR) is 97.0 cm³/mol. The third kappa shape index (κ3) is 4.36. The summed E-state index contributed by atoms with van der Waals surface area (Å²) in [4.78, 5) is 40.0. The summed E-state index contributed by atoms with van der Waals surface area (Å²) in [5.41, 5.74) is 1.20. The fourth-order valence-electron chi connectivity index (χ4n) is 2.19. The van der Waals surface area contributed by atoms with Gasteiger partial charge in [-0.25, -0.2) is 4.98 Å². The molecule has 0 bridgehead atoms. The first-order chi connectivity index (χ1) is 11.8. The minimum absolute atomic E-state index is 0.0877. The summed E-state index contributed by atoms with van der Waals surface area (Å²) in [5, 5.41) is 13.3. The van der Waals surface area contributed by atoms with E-state index in [1.54, 1.807) is 24.4 Å². The SMILES string of the molecule is CCN(C(C)=O)c1nc(/C=C/C(=O)c2ccc(C)c([N+](=O)[O-])c2)cs1. The van der Waals surface area contributed by atoms with E-state index < -0.39 is 4.92 Å². The van der Waals surface area contributed by atoms with Crippen molar-refractivity contribution in [3.05, 3.63) is 56.6 Å². The largest absolute Gasteiger partial charge is 0.289 e. The van der Waals surface area contributed by atoms with Crippen LogP contribution in [0, 0.1) is 17.0 Å². The number of benzene rings is 1. The fourth-order valence-corrected chi connectivity index (χ4v) is 3.09. The number of aryl methyl sites for hydroxylation is 1. The number of allylic oxidation sites excluding steroid dienone is 1. The highest BCUT2D eigenvalue weighted by atomic mass is 32.1. The molecule has 0 aliphatic rings. The second-order valence-electron chi connectivity index (χ2n) is 5.27. The number of carbonyl (C=O) groups is 2. The van der Waals surface area contributed by atoms with E-state index in [4.69, 9.17) is 0 Å². The van der Waals surface area contributed by atoms with Crippen LogP contribution in [0.4, 0.5) is 10.8 Å². The van der Waals surface area contributed by atoms with E-state index >= 15 is 0 Å². The smallest absolute Gasteiger partial charge is 0.273 e. The highest BCUT2D eigenvalue weighted by molar-refractivity contribution is 7.14. The van der Waals surface area contributed by atoms with E-state index in [9.17, 15) is 19.7 Å². The molecule has 25 heavy (non-hydrogen) atoms. The second-order valence-corrected chi connectivity index (χ2v) is 6.11. The molecule has 1 amide bonds. The summed E-state index contributed by atoms with van der Waals surface area (Å²) < 4.78 is 0. The summed E-state index contributed by atoms with van der Waals surface area (Å²) >= 11 is 1.31. The molecule has 0 radical (unpaired) electrons. The number of amides is 1. The van der Waals surface area contributed by atoms with Crippen LogP contribution in [0.5, 0.6) is 0 Å². The van der Waals surface area contributed by atoms with Crippen molar-refractivity contribution >= 4 is 39.9 Å². The maximum absolute atomic E-state index is 12.2. The minimum Gasteiger partial charge on any atom is -0.289 e. The Morgan fingerprint density at radius 1 is 1.40 bits per heavy atom. The Morgan fingerprint density at radius 2 is 2.12 bits per heavy atom. The third-order valence-electron chi connectivity index (χ3n) is 3.53. The minimum atomic E-state index is -0.510. The van der Waals surface area contributed by atoms with Gasteiger partial charge in [0.1, 0.15) is 0 Å². The molecule has 2 rings (SSSR count). The molecule has 0 aliphatic heterocycles. The molecular formula is C17H17N3O4S. The Balaban J connectivity index is 2.18. The Labute approximate surface area is 148 Å². The molecular weight excluding hydrogens is 342 g/mol. The Kier molecular flexibility index (Phi) is 5.76. The average Bonchev–Trinajstić information content (AvgIpc) is 3.01. The first-order valence-corrected chi connectivity index (χ1v) is 8.42. The number of hydrogen-bond donors (Lipinski definition) is 0. The molecule has 0 aliphatic carbocycles. The number of anilines is 1. The van der Waals surface area contributed by atoms with E-state index in [0.717, 1.165) is 0 Å². The molecule has 0 saturated carbocycles. The van der Waals surface area contributed by atoms with Crippen molar-refractivity contribution in [2.45, 2.75) is 20.8 Å². The van der Waals surface area contributed by atoms with Crippen molar-refractivity contribution in [3.8, 4) is 0 Å². The van der Waals surface area contributed by atoms with Crippen LogP contribution >= 0.6 is 11.3 Å². The van der Waals surface area contributed by atoms with Gasteiger partial charge in [0.15, 0.2) is 10.9 Å². The highest BCUT2D eigenvalue weighted by Crippen LogP contribution is 2.22. The zero-order chi connectivity index (χ0) is 18.6. The number of ketones is 1. The van der Waals surface area contributed by atoms with E-state index in [0.29, 0.717) is 22.9 Å². The van der Waals surface area contributed by atoms with Gasteiger partial charge in [0.2, 0.25) is 5.91 Å². The van der Waals surface area contributed by atoms with Crippen molar-refractivity contribution in [2.24, 2.45) is 0 Å². The molecule has 0 unspecified atom stereocenters. The van der Waals surface area contributed by atoms with Gasteiger partial charge in [-0.3, -0.25) is 24.6 Å². The third-order valence-corrected chi connectivity index (χ3v) is 4.41. The molecule has 130 valence electrons. The normalized spacial score (nSPS) is 10.8. The van der Waals surface area contributed by atoms with Crippen LogP contribution in [0.3, 0.4) is 0 Å². The standard InChI is InChI=1S/C17H17N3O4S/c1-4-19(12(3)21)17-18-14(10-25-17)7-8-16(22)13-6-5-11(2)15(9-13)20(23)24/h5-10H,4H2,1-3H3/b8-7+. The Bertz CT molecular complexity index is 857. The van der Waals surface area contributed by atoms with Crippen molar-refractivity contribution in [3.63, 3.8) is 0 Å². The van der Waals surface area contributed by atoms with E-state index in [1.165, 1.54) is 41.4 Å². The lowest BCUT2D eigenvalue weighted by molar-refractivity contribution is -0.385. The monoisotopic (exact) mass is 359 g/mol. The average molecular weight is 359 g/mol. The van der Waals surface area contributed by atoms with Gasteiger partial charge in [0.05, 0.1) is 10.6 Å². The number of rotatable bonds is 6. The molecule has 1 aromatic heterocycles. The van der Waals surface area contributed by atoms with Crippen molar-refractivity contribution in [1.29, 1.82) is 0 Å². The molecule has 0 fully saturated rings. The summed E-state index contributed by atoms with van der Waals surface area (Å²) in [7, 11) is 0. The van der Waals surface area contributed by atoms with Gasteiger partial charge in [-0.2, -0.15) is 0 Å². The zero-order valence-electron chi connectivity index (χ0n) is 14.1. The van der Waals surface area contributed by atoms with E-state index in [-0.39, 0.29) is 22.9 Å². The topological polar surface area (TPSA) is 93.4 Å². The van der Waals surface area contributed by atoms with Gasteiger partial charge in [-0.05, 0) is 26.0 Å². The Hall–Kier alpha value is -2.87. The molecule has 1 aromatic carbocycles. The fraction of sp³-hybridized carbons (Fsp3) is 0.235. The lowest BCUT2D eigenvalue weighted by atomic mass is 10.1. The van der Waals surface area contributed by atoms with Gasteiger partial charge >= 0.3 is 0 Å². The number of thiazole rings is 1. The quantitative estimate of drug-likeness (QED) is 0.340. The lowest BCUT2D eigenvalue weighted by Gasteiger charge is -2.14. The first kappa shape index (κ1) is 18.5. The molecule has 8 heteroatoms. The van der Waals surface area contributed by atoms with Crippen LogP contribution < -0.4 is 4.90 Å². The summed E-state index contributed by atoms with van der Waals surface area (Å²) in [6.07, 6.45) is 2.85. The van der Waals surface area contributed by atoms with E-state index in [2.05, 4.69) is 4.98 Å². The molecule has 0 atom stereocenters. The maximum atomic E-state index is 12.2. The summed E-state index contributed by atoms with van der Waals surface area (Å²) in [5.74, 6) is -0.452. The summed E-state index contributed by atoms with van der Waals surface area (Å²) in [6.45, 7) is 5.45. The second kappa shape index (κ2) is 7.80. The molecule has 0 saturated heterocycles. The van der Waals surface area contributed by atoms with Crippen LogP contribution in [-0.2, 0) is 4.79 Å². The summed E-state index contributed by atoms with van der Waals surface area (Å²) in [6, 6.07) is 4.37. The van der Waals surface area contributed by atoms with E-state index in [1.807, 2.05) is 6.92 Å². The van der Waals surface area contributed by atoms with Gasteiger partial charge in [-0.15, -0.1) is 11.3 Å². The maximum Gasteiger partial charge on any atom is 0.273 e. The predicted octanol–water partition coefficient (Wildman–Crippen LogP) is 3.63. The molecule has 0 N–H and O–H groups in total. The number of nitro groups is 1. The van der Waals surface area contributed by atoms with Crippen LogP contribution in [0.15, 0.2) is 29.7 Å². The van der Waals surface area contributed by atoms with Gasteiger partial charge < -0.3 is 0 Å². The lowest BCUT2D eigenvalue weighted by Crippen LogP contribution is -2.27. The zero-order valence-corrected chi connectivity index (χ0v) is 14.9. The van der Waals surface area contributed by atoms with Crippen molar-refractivity contribution < 1.29 is 14.5 Å². The molecule has 0 spiro atoms. The number of aromatic nitrogens is 1. The molecule has 1 heterocycles. The number of nitrogens with zero attached hydrogens (tertiary/aromatic N) is 3. The first-order valence-electron chi connectivity index (χ1n) is 7.54. The number of nitro benzene ring substituents is 1. The highest BCUT2D eigenvalue weighted by Gasteiger charge is 2.14.